The Morgan fingerprint density at radius 2 is 2.07 bits per heavy atom. The van der Waals surface area contributed by atoms with E-state index in [-0.39, 0.29) is 25.6 Å². The van der Waals surface area contributed by atoms with Crippen molar-refractivity contribution in [2.75, 3.05) is 19.7 Å². The van der Waals surface area contributed by atoms with Crippen LogP contribution in [0.15, 0.2) is 0 Å². The lowest BCUT2D eigenvalue weighted by atomic mass is 9.95. The summed E-state index contributed by atoms with van der Waals surface area (Å²) in [6, 6.07) is -0.498. The Labute approximate surface area is 84.8 Å². The minimum Gasteiger partial charge on any atom is -0.396 e. The molecule has 15 heavy (non-hydrogen) atoms. The van der Waals surface area contributed by atoms with Crippen LogP contribution in [0.5, 0.6) is 0 Å². The van der Waals surface area contributed by atoms with Gasteiger partial charge >= 0.3 is 12.1 Å². The second-order valence-electron chi connectivity index (χ2n) is 3.75. The molecule has 2 atom stereocenters. The number of rotatable bonds is 1. The van der Waals surface area contributed by atoms with Crippen LogP contribution < -0.4 is 5.73 Å². The molecule has 1 aliphatic rings. The Hall–Kier alpha value is -0.820. The summed E-state index contributed by atoms with van der Waals surface area (Å²) in [7, 11) is 0. The fourth-order valence-electron chi connectivity index (χ4n) is 1.72. The lowest BCUT2D eigenvalue weighted by molar-refractivity contribution is -0.187. The van der Waals surface area contributed by atoms with Crippen LogP contribution in [0.4, 0.5) is 13.2 Å². The van der Waals surface area contributed by atoms with E-state index in [4.69, 9.17) is 10.8 Å². The molecule has 1 rings (SSSR count). The number of hydrogen-bond donors (Lipinski definition) is 2. The summed E-state index contributed by atoms with van der Waals surface area (Å²) < 4.78 is 36.3. The van der Waals surface area contributed by atoms with Crippen LogP contribution in [-0.4, -0.2) is 47.8 Å². The molecule has 0 radical (unpaired) electrons. The molecule has 0 saturated carbocycles. The van der Waals surface area contributed by atoms with Crippen LogP contribution in [-0.2, 0) is 4.79 Å². The van der Waals surface area contributed by atoms with Gasteiger partial charge in [0.25, 0.3) is 0 Å². The standard InChI is InChI=1S/C8H13F3N2O2/c9-8(10,11)7(15)13-2-5(4-14)1-6(12)3-13/h5-6,14H,1-4,12H2. The number of aliphatic hydroxyl groups is 1. The molecular weight excluding hydrogens is 213 g/mol. The molecule has 1 aliphatic heterocycles. The number of hydrogen-bond acceptors (Lipinski definition) is 3. The van der Waals surface area contributed by atoms with Gasteiger partial charge in [0.15, 0.2) is 0 Å². The number of aliphatic hydroxyl groups excluding tert-OH is 1. The fourth-order valence-corrected chi connectivity index (χ4v) is 1.72. The number of likely N-dealkylation sites (tertiary alicyclic amines) is 1. The summed E-state index contributed by atoms with van der Waals surface area (Å²) in [4.78, 5) is 11.6. The van der Waals surface area contributed by atoms with Gasteiger partial charge < -0.3 is 15.7 Å². The SMILES string of the molecule is NC1CC(CO)CN(C(=O)C(F)(F)F)C1. The molecule has 0 bridgehead atoms. The molecule has 0 aromatic carbocycles. The normalized spacial score (nSPS) is 27.9. The Morgan fingerprint density at radius 3 is 2.53 bits per heavy atom. The van der Waals surface area contributed by atoms with Crippen molar-refractivity contribution in [1.29, 1.82) is 0 Å². The van der Waals surface area contributed by atoms with Crippen LogP contribution in [0.3, 0.4) is 0 Å². The van der Waals surface area contributed by atoms with Gasteiger partial charge in [0.2, 0.25) is 0 Å². The lowest BCUT2D eigenvalue weighted by Gasteiger charge is -2.35. The molecule has 88 valence electrons. The highest BCUT2D eigenvalue weighted by Crippen LogP contribution is 2.23. The van der Waals surface area contributed by atoms with Crippen LogP contribution in [0.1, 0.15) is 6.42 Å². The first kappa shape index (κ1) is 12.3. The van der Waals surface area contributed by atoms with Gasteiger partial charge in [0, 0.05) is 31.7 Å². The smallest absolute Gasteiger partial charge is 0.396 e. The van der Waals surface area contributed by atoms with Crippen LogP contribution in [0.25, 0.3) is 0 Å². The highest BCUT2D eigenvalue weighted by atomic mass is 19.4. The van der Waals surface area contributed by atoms with Gasteiger partial charge in [-0.15, -0.1) is 0 Å². The minimum absolute atomic E-state index is 0.0808. The monoisotopic (exact) mass is 226 g/mol. The first-order valence-corrected chi connectivity index (χ1v) is 4.57. The molecule has 0 aromatic rings. The predicted octanol–water partition coefficient (Wildman–Crippen LogP) is -0.283. The van der Waals surface area contributed by atoms with Crippen molar-refractivity contribution >= 4 is 5.91 Å². The predicted molar refractivity (Wildman–Crippen MR) is 45.8 cm³/mol. The largest absolute Gasteiger partial charge is 0.471 e. The summed E-state index contributed by atoms with van der Waals surface area (Å²) in [6.07, 6.45) is -4.42. The molecule has 1 saturated heterocycles. The second kappa shape index (κ2) is 4.36. The van der Waals surface area contributed by atoms with E-state index in [1.54, 1.807) is 0 Å². The quantitative estimate of drug-likeness (QED) is 0.646. The third-order valence-corrected chi connectivity index (χ3v) is 2.36. The van der Waals surface area contributed by atoms with Crippen LogP contribution in [0.2, 0.25) is 0 Å². The number of amides is 1. The molecule has 1 fully saturated rings. The van der Waals surface area contributed by atoms with Gasteiger partial charge in [-0.05, 0) is 6.42 Å². The number of alkyl halides is 3. The summed E-state index contributed by atoms with van der Waals surface area (Å²) in [6.45, 7) is -0.438. The number of nitrogens with two attached hydrogens (primary N) is 1. The van der Waals surface area contributed by atoms with Gasteiger partial charge in [-0.25, -0.2) is 0 Å². The highest BCUT2D eigenvalue weighted by molar-refractivity contribution is 5.82. The van der Waals surface area contributed by atoms with Gasteiger partial charge in [-0.3, -0.25) is 4.79 Å². The zero-order valence-corrected chi connectivity index (χ0v) is 8.00. The van der Waals surface area contributed by atoms with Gasteiger partial charge in [-0.2, -0.15) is 13.2 Å². The molecule has 1 heterocycles. The Bertz CT molecular complexity index is 245. The van der Waals surface area contributed by atoms with Gasteiger partial charge in [0.05, 0.1) is 0 Å². The zero-order valence-electron chi connectivity index (χ0n) is 8.00. The van der Waals surface area contributed by atoms with Crippen molar-refractivity contribution in [3.63, 3.8) is 0 Å². The van der Waals surface area contributed by atoms with E-state index in [1.807, 2.05) is 0 Å². The Balaban J connectivity index is 2.66. The molecule has 0 aromatic heterocycles. The van der Waals surface area contributed by atoms with Crippen molar-refractivity contribution in [3.05, 3.63) is 0 Å². The maximum Gasteiger partial charge on any atom is 0.471 e. The molecule has 1 amide bonds. The summed E-state index contributed by atoms with van der Waals surface area (Å²) in [5.74, 6) is -2.24. The van der Waals surface area contributed by atoms with Gasteiger partial charge in [-0.1, -0.05) is 0 Å². The first-order chi connectivity index (χ1) is 6.84. The Morgan fingerprint density at radius 1 is 1.47 bits per heavy atom. The average Bonchev–Trinajstić information content (AvgIpc) is 2.14. The third kappa shape index (κ3) is 3.07. The fraction of sp³-hybridized carbons (Fsp3) is 0.875. The van der Waals surface area contributed by atoms with Crippen molar-refractivity contribution in [3.8, 4) is 0 Å². The maximum atomic E-state index is 12.1. The van der Waals surface area contributed by atoms with E-state index in [0.717, 1.165) is 0 Å². The summed E-state index contributed by atoms with van der Waals surface area (Å²) >= 11 is 0. The number of carbonyl (C=O) groups excluding carboxylic acids is 1. The van der Waals surface area contributed by atoms with E-state index in [0.29, 0.717) is 11.3 Å². The third-order valence-electron chi connectivity index (χ3n) is 2.36. The lowest BCUT2D eigenvalue weighted by Crippen LogP contribution is -2.53. The van der Waals surface area contributed by atoms with E-state index < -0.39 is 18.1 Å². The number of piperidine rings is 1. The number of halogens is 3. The van der Waals surface area contributed by atoms with Crippen LogP contribution >= 0.6 is 0 Å². The summed E-state index contributed by atoms with van der Waals surface area (Å²) in [5, 5.41) is 8.84. The summed E-state index contributed by atoms with van der Waals surface area (Å²) in [5.41, 5.74) is 5.50. The second-order valence-corrected chi connectivity index (χ2v) is 3.75. The molecule has 2 unspecified atom stereocenters. The first-order valence-electron chi connectivity index (χ1n) is 4.57. The van der Waals surface area contributed by atoms with E-state index in [2.05, 4.69) is 0 Å². The Kier molecular flexibility index (Phi) is 3.56. The van der Waals surface area contributed by atoms with Gasteiger partial charge in [0.1, 0.15) is 0 Å². The molecule has 4 nitrogen and oxygen atoms in total. The molecule has 0 aliphatic carbocycles. The molecular formula is C8H13F3N2O2. The van der Waals surface area contributed by atoms with Crippen LogP contribution in [0, 0.1) is 5.92 Å². The molecule has 7 heteroatoms. The van der Waals surface area contributed by atoms with Crippen molar-refractivity contribution < 1.29 is 23.1 Å². The molecule has 0 spiro atoms. The maximum absolute atomic E-state index is 12.1. The minimum atomic E-state index is -4.86. The zero-order chi connectivity index (χ0) is 11.6. The van der Waals surface area contributed by atoms with E-state index >= 15 is 0 Å². The average molecular weight is 226 g/mol. The topological polar surface area (TPSA) is 66.6 Å². The molecule has 3 N–H and O–H groups in total. The number of carbonyl (C=O) groups is 1. The number of nitrogens with zero attached hydrogens (tertiary/aromatic N) is 1. The van der Waals surface area contributed by atoms with Crippen molar-refractivity contribution in [1.82, 2.24) is 4.90 Å². The van der Waals surface area contributed by atoms with Crippen molar-refractivity contribution in [2.24, 2.45) is 11.7 Å². The van der Waals surface area contributed by atoms with E-state index in [1.165, 1.54) is 0 Å². The highest BCUT2D eigenvalue weighted by Gasteiger charge is 2.44. The van der Waals surface area contributed by atoms with E-state index in [9.17, 15) is 18.0 Å². The van der Waals surface area contributed by atoms with Crippen molar-refractivity contribution in [2.45, 2.75) is 18.6 Å².